The van der Waals surface area contributed by atoms with Crippen LogP contribution in [0.1, 0.15) is 21.5 Å². The van der Waals surface area contributed by atoms with Crippen molar-refractivity contribution in [1.29, 1.82) is 0 Å². The van der Waals surface area contributed by atoms with Crippen LogP contribution in [0.15, 0.2) is 71.2 Å². The second kappa shape index (κ2) is 11.1. The summed E-state index contributed by atoms with van der Waals surface area (Å²) in [6.07, 6.45) is 3.07. The molecule has 8 heteroatoms. The molecular weight excluding hydrogens is 506 g/mol. The molecule has 0 aliphatic carbocycles. The molecule has 0 unspecified atom stereocenters. The Kier molecular flexibility index (Phi) is 8.25. The monoisotopic (exact) mass is 522 g/mol. The molecule has 166 valence electrons. The Hall–Kier alpha value is -2.90. The molecule has 0 saturated heterocycles. The summed E-state index contributed by atoms with van der Waals surface area (Å²) in [5.74, 6) is 1.000. The highest BCUT2D eigenvalue weighted by Gasteiger charge is 2.09. The van der Waals surface area contributed by atoms with Gasteiger partial charge in [-0.3, -0.25) is 4.79 Å². The minimum atomic E-state index is -2.91. The van der Waals surface area contributed by atoms with Crippen molar-refractivity contribution in [2.75, 3.05) is 7.11 Å². The molecule has 0 amide bonds. The summed E-state index contributed by atoms with van der Waals surface area (Å²) in [6.45, 7) is -2.67. The highest BCUT2D eigenvalue weighted by Crippen LogP contribution is 2.30. The minimum Gasteiger partial charge on any atom is -0.496 e. The molecule has 0 aliphatic rings. The average molecular weight is 524 g/mol. The van der Waals surface area contributed by atoms with Gasteiger partial charge in [-0.1, -0.05) is 23.7 Å². The second-order valence-electron chi connectivity index (χ2n) is 6.54. The van der Waals surface area contributed by atoms with Crippen molar-refractivity contribution in [3.63, 3.8) is 0 Å². The van der Waals surface area contributed by atoms with Crippen molar-refractivity contribution in [3.8, 4) is 17.2 Å². The molecule has 0 spiro atoms. The average Bonchev–Trinajstić information content (AvgIpc) is 2.77. The molecule has 3 rings (SSSR count). The van der Waals surface area contributed by atoms with E-state index in [0.717, 1.165) is 15.6 Å². The van der Waals surface area contributed by atoms with Gasteiger partial charge in [-0.05, 0) is 82.2 Å². The van der Waals surface area contributed by atoms with Crippen LogP contribution < -0.4 is 14.2 Å². The normalized spacial score (nSPS) is 11.1. The van der Waals surface area contributed by atoms with Crippen LogP contribution >= 0.6 is 27.5 Å². The minimum absolute atomic E-state index is 0.00681. The number of carbonyl (C=O) groups excluding carboxylic acids is 1. The van der Waals surface area contributed by atoms with E-state index in [9.17, 15) is 13.6 Å². The van der Waals surface area contributed by atoms with Crippen LogP contribution in [0.3, 0.4) is 0 Å². The van der Waals surface area contributed by atoms with Gasteiger partial charge in [0.25, 0.3) is 0 Å². The Balaban J connectivity index is 1.71. The fourth-order valence-corrected chi connectivity index (χ4v) is 3.63. The largest absolute Gasteiger partial charge is 0.496 e. The van der Waals surface area contributed by atoms with E-state index in [-0.39, 0.29) is 18.1 Å². The van der Waals surface area contributed by atoms with Gasteiger partial charge < -0.3 is 14.2 Å². The lowest BCUT2D eigenvalue weighted by Gasteiger charge is -2.12. The summed E-state index contributed by atoms with van der Waals surface area (Å²) in [5, 5.41) is 0.592. The van der Waals surface area contributed by atoms with Crippen molar-refractivity contribution in [2.45, 2.75) is 13.2 Å². The lowest BCUT2D eigenvalue weighted by Crippen LogP contribution is -2.02. The number of allylic oxidation sites excluding steroid dienone is 1. The summed E-state index contributed by atoms with van der Waals surface area (Å²) in [7, 11) is 1.57. The standard InChI is InChI=1S/C24H18BrClF2O4/c1-30-22-10-3-15(12-17(22)14-31-23-11-6-18(26)13-20(23)25)2-9-21(29)16-4-7-19(8-5-16)32-24(27)28/h2-13,24H,14H2,1H3/b9-2+. The zero-order chi connectivity index (χ0) is 23.1. The molecule has 3 aromatic rings. The predicted molar refractivity (Wildman–Crippen MR) is 123 cm³/mol. The molecule has 0 fully saturated rings. The summed E-state index contributed by atoms with van der Waals surface area (Å²) in [4.78, 5) is 12.4. The Bertz CT molecular complexity index is 1120. The topological polar surface area (TPSA) is 44.8 Å². The third-order valence-electron chi connectivity index (χ3n) is 4.37. The van der Waals surface area contributed by atoms with Gasteiger partial charge in [0.2, 0.25) is 0 Å². The summed E-state index contributed by atoms with van der Waals surface area (Å²) in [5.41, 5.74) is 1.91. The Morgan fingerprint density at radius 3 is 2.44 bits per heavy atom. The zero-order valence-corrected chi connectivity index (χ0v) is 19.2. The van der Waals surface area contributed by atoms with Crippen LogP contribution in [-0.4, -0.2) is 19.5 Å². The molecule has 0 N–H and O–H groups in total. The maximum Gasteiger partial charge on any atom is 0.387 e. The first-order chi connectivity index (χ1) is 15.4. The van der Waals surface area contributed by atoms with Crippen LogP contribution in [0.2, 0.25) is 5.02 Å². The van der Waals surface area contributed by atoms with Crippen molar-refractivity contribution in [1.82, 2.24) is 0 Å². The van der Waals surface area contributed by atoms with Crippen molar-refractivity contribution in [3.05, 3.63) is 92.9 Å². The molecule has 0 radical (unpaired) electrons. The van der Waals surface area contributed by atoms with Gasteiger partial charge in [-0.15, -0.1) is 0 Å². The molecule has 0 aliphatic heterocycles. The molecule has 0 bridgehead atoms. The van der Waals surface area contributed by atoms with E-state index < -0.39 is 6.61 Å². The van der Waals surface area contributed by atoms with E-state index in [1.165, 1.54) is 30.3 Å². The number of benzene rings is 3. The number of ether oxygens (including phenoxy) is 3. The fraction of sp³-hybridized carbons (Fsp3) is 0.125. The summed E-state index contributed by atoms with van der Waals surface area (Å²) >= 11 is 9.37. The van der Waals surface area contributed by atoms with Gasteiger partial charge in [-0.25, -0.2) is 0 Å². The van der Waals surface area contributed by atoms with Crippen LogP contribution in [0, 0.1) is 0 Å². The van der Waals surface area contributed by atoms with E-state index in [0.29, 0.717) is 22.1 Å². The molecule has 4 nitrogen and oxygen atoms in total. The van der Waals surface area contributed by atoms with Crippen molar-refractivity contribution >= 4 is 39.4 Å². The van der Waals surface area contributed by atoms with Crippen LogP contribution in [0.4, 0.5) is 8.78 Å². The Morgan fingerprint density at radius 2 is 1.78 bits per heavy atom. The molecule has 0 saturated carbocycles. The number of alkyl halides is 2. The number of rotatable bonds is 9. The SMILES string of the molecule is COc1ccc(/C=C/C(=O)c2ccc(OC(F)F)cc2)cc1COc1ccc(Cl)cc1Br. The fourth-order valence-electron chi connectivity index (χ4n) is 2.83. The van der Waals surface area contributed by atoms with Gasteiger partial charge >= 0.3 is 6.61 Å². The lowest BCUT2D eigenvalue weighted by atomic mass is 10.1. The highest BCUT2D eigenvalue weighted by molar-refractivity contribution is 9.10. The number of carbonyl (C=O) groups is 1. The third kappa shape index (κ3) is 6.55. The van der Waals surface area contributed by atoms with E-state index in [2.05, 4.69) is 20.7 Å². The number of ketones is 1. The quantitative estimate of drug-likeness (QED) is 0.220. The van der Waals surface area contributed by atoms with Gasteiger partial charge in [0.15, 0.2) is 5.78 Å². The molecule has 0 atom stereocenters. The molecule has 32 heavy (non-hydrogen) atoms. The van der Waals surface area contributed by atoms with Crippen molar-refractivity contribution < 1.29 is 27.8 Å². The first-order valence-corrected chi connectivity index (χ1v) is 10.5. The Labute approximate surface area is 197 Å². The second-order valence-corrected chi connectivity index (χ2v) is 7.83. The first-order valence-electron chi connectivity index (χ1n) is 9.38. The molecular formula is C24H18BrClF2O4. The van der Waals surface area contributed by atoms with E-state index in [4.69, 9.17) is 21.1 Å². The Morgan fingerprint density at radius 1 is 1.06 bits per heavy atom. The van der Waals surface area contributed by atoms with Crippen LogP contribution in [0.5, 0.6) is 17.2 Å². The van der Waals surface area contributed by atoms with Crippen LogP contribution in [-0.2, 0) is 6.61 Å². The van der Waals surface area contributed by atoms with E-state index in [1.54, 1.807) is 37.5 Å². The van der Waals surface area contributed by atoms with Crippen LogP contribution in [0.25, 0.3) is 6.08 Å². The first kappa shape index (κ1) is 23.8. The number of halogens is 4. The predicted octanol–water partition coefficient (Wildman–Crippen LogP) is 7.19. The number of hydrogen-bond acceptors (Lipinski definition) is 4. The molecule has 3 aromatic carbocycles. The van der Waals surface area contributed by atoms with Gasteiger partial charge in [0.1, 0.15) is 23.9 Å². The molecule has 0 heterocycles. The third-order valence-corrected chi connectivity index (χ3v) is 5.23. The summed E-state index contributed by atoms with van der Waals surface area (Å²) in [6, 6.07) is 16.2. The lowest BCUT2D eigenvalue weighted by molar-refractivity contribution is -0.0498. The summed E-state index contributed by atoms with van der Waals surface area (Å²) < 4.78 is 40.8. The van der Waals surface area contributed by atoms with Gasteiger partial charge in [0, 0.05) is 16.1 Å². The van der Waals surface area contributed by atoms with E-state index in [1.807, 2.05) is 12.1 Å². The smallest absolute Gasteiger partial charge is 0.387 e. The molecule has 0 aromatic heterocycles. The maximum absolute atomic E-state index is 12.4. The van der Waals surface area contributed by atoms with Crippen molar-refractivity contribution in [2.24, 2.45) is 0 Å². The number of hydrogen-bond donors (Lipinski definition) is 0. The number of methoxy groups -OCH3 is 1. The van der Waals surface area contributed by atoms with Gasteiger partial charge in [0.05, 0.1) is 11.6 Å². The zero-order valence-electron chi connectivity index (χ0n) is 16.9. The van der Waals surface area contributed by atoms with E-state index >= 15 is 0 Å². The highest BCUT2D eigenvalue weighted by atomic mass is 79.9. The van der Waals surface area contributed by atoms with Gasteiger partial charge in [-0.2, -0.15) is 8.78 Å². The maximum atomic E-state index is 12.4.